The fourth-order valence-corrected chi connectivity index (χ4v) is 4.60. The highest BCUT2D eigenvalue weighted by Gasteiger charge is 2.16. The number of thioether (sulfide) groups is 1. The number of benzene rings is 1. The number of carbonyl (C=O) groups excluding carboxylic acids is 1. The maximum atomic E-state index is 12.2. The van der Waals surface area contributed by atoms with Crippen LogP contribution in [0.15, 0.2) is 40.9 Å². The van der Waals surface area contributed by atoms with Crippen LogP contribution in [0.25, 0.3) is 11.4 Å². The average Bonchev–Trinajstić information content (AvgIpc) is 3.28. The SMILES string of the molecule is CCCc1cc(-c2nnc(SCC(=O)Nc3ccccc3Cl)n2CC)cs1. The second-order valence-corrected chi connectivity index (χ2v) is 8.26. The smallest absolute Gasteiger partial charge is 0.234 e. The first-order chi connectivity index (χ1) is 13.1. The molecule has 1 amide bonds. The number of nitrogens with zero attached hydrogens (tertiary/aromatic N) is 3. The molecule has 0 unspecified atom stereocenters. The van der Waals surface area contributed by atoms with Gasteiger partial charge >= 0.3 is 0 Å². The molecular weight excluding hydrogens is 400 g/mol. The Morgan fingerprint density at radius 1 is 1.30 bits per heavy atom. The second kappa shape index (κ2) is 9.39. The minimum absolute atomic E-state index is 0.124. The first-order valence-electron chi connectivity index (χ1n) is 8.80. The molecule has 1 N–H and O–H groups in total. The molecule has 0 spiro atoms. The largest absolute Gasteiger partial charge is 0.324 e. The van der Waals surface area contributed by atoms with Crippen LogP contribution in [0.2, 0.25) is 5.02 Å². The van der Waals surface area contributed by atoms with Crippen LogP contribution in [-0.4, -0.2) is 26.4 Å². The van der Waals surface area contributed by atoms with Gasteiger partial charge in [0, 0.05) is 22.4 Å². The van der Waals surface area contributed by atoms with Gasteiger partial charge in [0.1, 0.15) is 0 Å². The Labute approximate surface area is 172 Å². The molecule has 0 fully saturated rings. The first kappa shape index (κ1) is 19.9. The fraction of sp³-hybridized carbons (Fsp3) is 0.316. The number of anilines is 1. The molecule has 0 bridgehead atoms. The maximum Gasteiger partial charge on any atom is 0.234 e. The maximum absolute atomic E-state index is 12.2. The lowest BCUT2D eigenvalue weighted by atomic mass is 10.2. The Morgan fingerprint density at radius 3 is 2.85 bits per heavy atom. The van der Waals surface area contributed by atoms with E-state index < -0.39 is 0 Å². The predicted molar refractivity (Wildman–Crippen MR) is 114 cm³/mol. The monoisotopic (exact) mass is 420 g/mol. The minimum Gasteiger partial charge on any atom is -0.324 e. The number of amides is 1. The van der Waals surface area contributed by atoms with Gasteiger partial charge in [-0.1, -0.05) is 48.8 Å². The van der Waals surface area contributed by atoms with Crippen molar-refractivity contribution >= 4 is 46.3 Å². The van der Waals surface area contributed by atoms with Gasteiger partial charge < -0.3 is 9.88 Å². The summed E-state index contributed by atoms with van der Waals surface area (Å²) in [6, 6.07) is 9.37. The normalized spacial score (nSPS) is 10.9. The molecule has 1 aromatic carbocycles. The van der Waals surface area contributed by atoms with Crippen molar-refractivity contribution in [2.24, 2.45) is 0 Å². The lowest BCUT2D eigenvalue weighted by molar-refractivity contribution is -0.113. The highest BCUT2D eigenvalue weighted by atomic mass is 35.5. The molecule has 3 aromatic rings. The molecular formula is C19H21ClN4OS2. The molecule has 3 rings (SSSR count). The summed E-state index contributed by atoms with van der Waals surface area (Å²) in [5, 5.41) is 14.9. The van der Waals surface area contributed by atoms with Gasteiger partial charge in [0.2, 0.25) is 5.91 Å². The molecule has 0 aliphatic rings. The van der Waals surface area contributed by atoms with Gasteiger partial charge in [0.25, 0.3) is 0 Å². The topological polar surface area (TPSA) is 59.8 Å². The summed E-state index contributed by atoms with van der Waals surface area (Å²) in [4.78, 5) is 13.6. The highest BCUT2D eigenvalue weighted by molar-refractivity contribution is 7.99. The number of hydrogen-bond acceptors (Lipinski definition) is 5. The first-order valence-corrected chi connectivity index (χ1v) is 11.0. The van der Waals surface area contributed by atoms with Crippen LogP contribution >= 0.6 is 34.7 Å². The Morgan fingerprint density at radius 2 is 2.11 bits per heavy atom. The van der Waals surface area contributed by atoms with Gasteiger partial charge in [0.15, 0.2) is 11.0 Å². The summed E-state index contributed by atoms with van der Waals surface area (Å²) in [5.74, 6) is 0.972. The summed E-state index contributed by atoms with van der Waals surface area (Å²) < 4.78 is 2.05. The minimum atomic E-state index is -0.124. The van der Waals surface area contributed by atoms with Crippen LogP contribution in [0.4, 0.5) is 5.69 Å². The molecule has 2 heterocycles. The van der Waals surface area contributed by atoms with Crippen molar-refractivity contribution in [2.45, 2.75) is 38.4 Å². The lowest BCUT2D eigenvalue weighted by Crippen LogP contribution is -2.14. The van der Waals surface area contributed by atoms with E-state index in [0.717, 1.165) is 35.9 Å². The van der Waals surface area contributed by atoms with E-state index >= 15 is 0 Å². The lowest BCUT2D eigenvalue weighted by Gasteiger charge is -2.08. The van der Waals surface area contributed by atoms with Crippen molar-refractivity contribution in [1.82, 2.24) is 14.8 Å². The highest BCUT2D eigenvalue weighted by Crippen LogP contribution is 2.28. The third-order valence-corrected chi connectivity index (χ3v) is 6.21. The number of nitrogens with one attached hydrogen (secondary N) is 1. The Hall–Kier alpha value is -1.83. The van der Waals surface area contributed by atoms with Crippen molar-refractivity contribution in [3.05, 3.63) is 45.6 Å². The molecule has 0 aliphatic carbocycles. The Balaban J connectivity index is 1.67. The third-order valence-electron chi connectivity index (χ3n) is 3.92. The van der Waals surface area contributed by atoms with E-state index in [1.165, 1.54) is 16.6 Å². The number of carbonyl (C=O) groups is 1. The number of hydrogen-bond donors (Lipinski definition) is 1. The third kappa shape index (κ3) is 4.91. The van der Waals surface area contributed by atoms with E-state index in [1.54, 1.807) is 23.5 Å². The number of thiophene rings is 1. The van der Waals surface area contributed by atoms with Crippen molar-refractivity contribution in [3.8, 4) is 11.4 Å². The summed E-state index contributed by atoms with van der Waals surface area (Å²) in [6.45, 7) is 4.98. The van der Waals surface area contributed by atoms with E-state index in [9.17, 15) is 4.79 Å². The molecule has 0 radical (unpaired) electrons. The standard InChI is InChI=1S/C19H21ClN4OS2/c1-3-7-14-10-13(11-26-14)18-22-23-19(24(18)4-2)27-12-17(25)21-16-9-6-5-8-15(16)20/h5-6,8-11H,3-4,7,12H2,1-2H3,(H,21,25). The molecule has 0 atom stereocenters. The van der Waals surface area contributed by atoms with Crippen LogP contribution in [0, 0.1) is 0 Å². The molecule has 0 saturated carbocycles. The summed E-state index contributed by atoms with van der Waals surface area (Å²) in [6.07, 6.45) is 2.21. The van der Waals surface area contributed by atoms with Gasteiger partial charge in [-0.05, 0) is 31.5 Å². The van der Waals surface area contributed by atoms with Crippen LogP contribution in [0.5, 0.6) is 0 Å². The van der Waals surface area contributed by atoms with Crippen molar-refractivity contribution in [1.29, 1.82) is 0 Å². The van der Waals surface area contributed by atoms with Gasteiger partial charge in [-0.3, -0.25) is 4.79 Å². The van der Waals surface area contributed by atoms with E-state index in [0.29, 0.717) is 10.7 Å². The zero-order chi connectivity index (χ0) is 19.2. The number of para-hydroxylation sites is 1. The van der Waals surface area contributed by atoms with Crippen LogP contribution < -0.4 is 5.32 Å². The van der Waals surface area contributed by atoms with Crippen molar-refractivity contribution in [2.75, 3.05) is 11.1 Å². The Bertz CT molecular complexity index is 922. The fourth-order valence-electron chi connectivity index (χ4n) is 2.65. The van der Waals surface area contributed by atoms with Gasteiger partial charge in [-0.15, -0.1) is 21.5 Å². The summed E-state index contributed by atoms with van der Waals surface area (Å²) in [5.41, 5.74) is 1.70. The van der Waals surface area contributed by atoms with Crippen LogP contribution in [0.1, 0.15) is 25.1 Å². The van der Waals surface area contributed by atoms with Gasteiger partial charge in [-0.2, -0.15) is 0 Å². The average molecular weight is 421 g/mol. The Kier molecular flexibility index (Phi) is 6.93. The zero-order valence-electron chi connectivity index (χ0n) is 15.2. The second-order valence-electron chi connectivity index (χ2n) is 5.92. The number of aryl methyl sites for hydroxylation is 1. The molecule has 8 heteroatoms. The van der Waals surface area contributed by atoms with E-state index in [4.69, 9.17) is 11.6 Å². The van der Waals surface area contributed by atoms with Gasteiger partial charge in [0.05, 0.1) is 16.5 Å². The quantitative estimate of drug-likeness (QED) is 0.498. The van der Waals surface area contributed by atoms with Crippen molar-refractivity contribution < 1.29 is 4.79 Å². The predicted octanol–water partition coefficient (Wildman–Crippen LogP) is 5.36. The molecule has 0 aliphatic heterocycles. The van der Waals surface area contributed by atoms with E-state index in [-0.39, 0.29) is 11.7 Å². The van der Waals surface area contributed by atoms with E-state index in [2.05, 4.69) is 40.8 Å². The molecule has 5 nitrogen and oxygen atoms in total. The summed E-state index contributed by atoms with van der Waals surface area (Å²) in [7, 11) is 0. The molecule has 142 valence electrons. The van der Waals surface area contributed by atoms with Gasteiger partial charge in [-0.25, -0.2) is 0 Å². The van der Waals surface area contributed by atoms with Crippen LogP contribution in [-0.2, 0) is 17.8 Å². The van der Waals surface area contributed by atoms with Crippen molar-refractivity contribution in [3.63, 3.8) is 0 Å². The number of halogens is 1. The zero-order valence-corrected chi connectivity index (χ0v) is 17.6. The summed E-state index contributed by atoms with van der Waals surface area (Å²) >= 11 is 9.21. The van der Waals surface area contributed by atoms with E-state index in [1.807, 2.05) is 16.7 Å². The molecule has 0 saturated heterocycles. The molecule has 2 aromatic heterocycles. The number of rotatable bonds is 8. The molecule has 27 heavy (non-hydrogen) atoms. The van der Waals surface area contributed by atoms with Crippen LogP contribution in [0.3, 0.4) is 0 Å². The number of aromatic nitrogens is 3.